The van der Waals surface area contributed by atoms with Gasteiger partial charge in [-0.15, -0.1) is 0 Å². The maximum absolute atomic E-state index is 13.6. The van der Waals surface area contributed by atoms with Gasteiger partial charge in [0.1, 0.15) is 0 Å². The minimum absolute atomic E-state index is 0.247. The van der Waals surface area contributed by atoms with Gasteiger partial charge in [0.05, 0.1) is 13.7 Å². The molecule has 1 rings (SSSR count). The number of methoxy groups -OCH3 is 1. The molecule has 0 saturated heterocycles. The summed E-state index contributed by atoms with van der Waals surface area (Å²) in [4.78, 5) is 10.9. The second-order valence-corrected chi connectivity index (χ2v) is 3.79. The molecule has 0 aromatic heterocycles. The smallest absolute Gasteiger partial charge is 0.305 e. The maximum Gasteiger partial charge on any atom is 0.305 e. The van der Waals surface area contributed by atoms with Crippen LogP contribution >= 0.6 is 0 Å². The van der Waals surface area contributed by atoms with E-state index in [0.29, 0.717) is 13.0 Å². The van der Waals surface area contributed by atoms with E-state index in [1.165, 1.54) is 13.2 Å². The molecule has 0 heterocycles. The fourth-order valence-electron chi connectivity index (χ4n) is 1.54. The quantitative estimate of drug-likeness (QED) is 0.597. The second-order valence-electron chi connectivity index (χ2n) is 3.79. The monoisotopic (exact) mass is 255 g/mol. The van der Waals surface area contributed by atoms with Gasteiger partial charge in [0.15, 0.2) is 11.6 Å². The molecule has 0 spiro atoms. The van der Waals surface area contributed by atoms with E-state index in [1.54, 1.807) is 19.2 Å². The van der Waals surface area contributed by atoms with Crippen LogP contribution in [0.25, 0.3) is 0 Å². The predicted molar refractivity (Wildman–Crippen MR) is 65.9 cm³/mol. The van der Waals surface area contributed by atoms with E-state index in [4.69, 9.17) is 4.74 Å². The van der Waals surface area contributed by atoms with Gasteiger partial charge in [-0.1, -0.05) is 12.1 Å². The summed E-state index contributed by atoms with van der Waals surface area (Å²) in [6, 6.07) is 4.80. The molecular formula is C13H18FNO3. The van der Waals surface area contributed by atoms with Gasteiger partial charge >= 0.3 is 5.97 Å². The SMILES string of the molecule is CNCc1cccc(F)c1OCCCC(=O)OC. The minimum Gasteiger partial charge on any atom is -0.490 e. The Labute approximate surface area is 106 Å². The lowest BCUT2D eigenvalue weighted by Crippen LogP contribution is -2.10. The molecule has 0 unspecified atom stereocenters. The van der Waals surface area contributed by atoms with Gasteiger partial charge in [-0.25, -0.2) is 4.39 Å². The van der Waals surface area contributed by atoms with Crippen LogP contribution in [0.1, 0.15) is 18.4 Å². The van der Waals surface area contributed by atoms with E-state index < -0.39 is 0 Å². The molecule has 4 nitrogen and oxygen atoms in total. The van der Waals surface area contributed by atoms with Gasteiger partial charge in [-0.3, -0.25) is 4.79 Å². The molecule has 18 heavy (non-hydrogen) atoms. The zero-order chi connectivity index (χ0) is 13.4. The first kappa shape index (κ1) is 14.4. The maximum atomic E-state index is 13.6. The third kappa shape index (κ3) is 4.33. The second kappa shape index (κ2) is 7.66. The molecule has 1 N–H and O–H groups in total. The Morgan fingerprint density at radius 2 is 2.22 bits per heavy atom. The normalized spacial score (nSPS) is 10.2. The van der Waals surface area contributed by atoms with Crippen molar-refractivity contribution in [1.82, 2.24) is 5.32 Å². The number of nitrogens with one attached hydrogen (secondary N) is 1. The lowest BCUT2D eigenvalue weighted by atomic mass is 10.2. The highest BCUT2D eigenvalue weighted by Crippen LogP contribution is 2.22. The predicted octanol–water partition coefficient (Wildman–Crippen LogP) is 1.88. The molecule has 0 amide bonds. The van der Waals surface area contributed by atoms with Crippen molar-refractivity contribution >= 4 is 5.97 Å². The molecule has 0 saturated carbocycles. The molecule has 1 aromatic rings. The number of hydrogen-bond donors (Lipinski definition) is 1. The molecule has 0 aliphatic carbocycles. The van der Waals surface area contributed by atoms with E-state index in [-0.39, 0.29) is 30.6 Å². The van der Waals surface area contributed by atoms with Crippen LogP contribution < -0.4 is 10.1 Å². The Bertz CT molecular complexity index is 396. The van der Waals surface area contributed by atoms with Crippen LogP contribution in [0.4, 0.5) is 4.39 Å². The van der Waals surface area contributed by atoms with Crippen LogP contribution in [-0.2, 0) is 16.1 Å². The zero-order valence-corrected chi connectivity index (χ0v) is 10.7. The highest BCUT2D eigenvalue weighted by molar-refractivity contribution is 5.69. The number of carbonyl (C=O) groups excluding carboxylic acids is 1. The van der Waals surface area contributed by atoms with E-state index >= 15 is 0 Å². The van der Waals surface area contributed by atoms with E-state index in [0.717, 1.165) is 5.56 Å². The molecule has 100 valence electrons. The summed E-state index contributed by atoms with van der Waals surface area (Å²) < 4.78 is 23.5. The van der Waals surface area contributed by atoms with Gasteiger partial charge < -0.3 is 14.8 Å². The number of hydrogen-bond acceptors (Lipinski definition) is 4. The van der Waals surface area contributed by atoms with Crippen molar-refractivity contribution in [2.24, 2.45) is 0 Å². The average molecular weight is 255 g/mol. The summed E-state index contributed by atoms with van der Waals surface area (Å²) in [7, 11) is 3.12. The minimum atomic E-state index is -0.388. The molecule has 0 bridgehead atoms. The lowest BCUT2D eigenvalue weighted by Gasteiger charge is -2.11. The van der Waals surface area contributed by atoms with Crippen molar-refractivity contribution in [3.05, 3.63) is 29.6 Å². The molecule has 0 aliphatic heterocycles. The van der Waals surface area contributed by atoms with Gasteiger partial charge in [-0.05, 0) is 19.5 Å². The molecular weight excluding hydrogens is 237 g/mol. The van der Waals surface area contributed by atoms with Gasteiger partial charge in [0.2, 0.25) is 0 Å². The highest BCUT2D eigenvalue weighted by atomic mass is 19.1. The van der Waals surface area contributed by atoms with Crippen molar-refractivity contribution in [1.29, 1.82) is 0 Å². The van der Waals surface area contributed by atoms with E-state index in [9.17, 15) is 9.18 Å². The lowest BCUT2D eigenvalue weighted by molar-refractivity contribution is -0.140. The first-order chi connectivity index (χ1) is 8.69. The highest BCUT2D eigenvalue weighted by Gasteiger charge is 2.09. The van der Waals surface area contributed by atoms with Crippen LogP contribution in [0.3, 0.4) is 0 Å². The van der Waals surface area contributed by atoms with E-state index in [1.807, 2.05) is 0 Å². The average Bonchev–Trinajstić information content (AvgIpc) is 2.37. The van der Waals surface area contributed by atoms with Gasteiger partial charge in [0, 0.05) is 18.5 Å². The van der Waals surface area contributed by atoms with Crippen molar-refractivity contribution in [2.45, 2.75) is 19.4 Å². The first-order valence-electron chi connectivity index (χ1n) is 5.80. The number of rotatable bonds is 7. The number of esters is 1. The van der Waals surface area contributed by atoms with Gasteiger partial charge in [0.25, 0.3) is 0 Å². The number of para-hydroxylation sites is 1. The number of carbonyl (C=O) groups is 1. The molecule has 5 heteroatoms. The Morgan fingerprint density at radius 1 is 1.44 bits per heavy atom. The van der Waals surface area contributed by atoms with Crippen molar-refractivity contribution in [3.63, 3.8) is 0 Å². The Kier molecular flexibility index (Phi) is 6.14. The Morgan fingerprint density at radius 3 is 2.89 bits per heavy atom. The standard InChI is InChI=1S/C13H18FNO3/c1-15-9-10-5-3-6-11(14)13(10)18-8-4-7-12(16)17-2/h3,5-6,15H,4,7-9H2,1-2H3. The van der Waals surface area contributed by atoms with Crippen LogP contribution in [-0.4, -0.2) is 26.7 Å². The largest absolute Gasteiger partial charge is 0.490 e. The summed E-state index contributed by atoms with van der Waals surface area (Å²) in [5.41, 5.74) is 0.760. The summed E-state index contributed by atoms with van der Waals surface area (Å²) in [5.74, 6) is -0.430. The molecule has 1 aromatic carbocycles. The van der Waals surface area contributed by atoms with Crippen LogP contribution in [0.5, 0.6) is 5.75 Å². The van der Waals surface area contributed by atoms with E-state index in [2.05, 4.69) is 10.1 Å². The Hall–Kier alpha value is -1.62. The number of benzene rings is 1. The summed E-state index contributed by atoms with van der Waals surface area (Å²) in [5, 5.41) is 2.95. The third-order valence-electron chi connectivity index (χ3n) is 2.42. The van der Waals surface area contributed by atoms with Crippen molar-refractivity contribution < 1.29 is 18.7 Å². The summed E-state index contributed by atoms with van der Waals surface area (Å²) in [6.45, 7) is 0.816. The summed E-state index contributed by atoms with van der Waals surface area (Å²) >= 11 is 0. The third-order valence-corrected chi connectivity index (χ3v) is 2.42. The molecule has 0 fully saturated rings. The molecule has 0 aliphatic rings. The molecule has 0 atom stereocenters. The van der Waals surface area contributed by atoms with Gasteiger partial charge in [-0.2, -0.15) is 0 Å². The fraction of sp³-hybridized carbons (Fsp3) is 0.462. The number of ether oxygens (including phenoxy) is 2. The molecule has 0 radical (unpaired) electrons. The first-order valence-corrected chi connectivity index (χ1v) is 5.80. The zero-order valence-electron chi connectivity index (χ0n) is 10.7. The summed E-state index contributed by atoms with van der Waals surface area (Å²) in [6.07, 6.45) is 0.770. The topological polar surface area (TPSA) is 47.6 Å². The van der Waals surface area contributed by atoms with Crippen LogP contribution in [0.15, 0.2) is 18.2 Å². The van der Waals surface area contributed by atoms with Crippen LogP contribution in [0.2, 0.25) is 0 Å². The van der Waals surface area contributed by atoms with Crippen LogP contribution in [0, 0.1) is 5.82 Å². The Balaban J connectivity index is 2.52. The fourth-order valence-corrected chi connectivity index (χ4v) is 1.54. The van der Waals surface area contributed by atoms with Crippen molar-refractivity contribution in [3.8, 4) is 5.75 Å². The number of halogens is 1. The van der Waals surface area contributed by atoms with Crippen molar-refractivity contribution in [2.75, 3.05) is 20.8 Å².